The van der Waals surface area contributed by atoms with Crippen molar-refractivity contribution in [3.05, 3.63) is 53.3 Å². The summed E-state index contributed by atoms with van der Waals surface area (Å²) in [5.41, 5.74) is 1.82. The fraction of sp³-hybridized carbons (Fsp3) is 0.478. The minimum atomic E-state index is -0.582. The molecule has 2 aromatic carbocycles. The zero-order chi connectivity index (χ0) is 23.7. The average molecular weight is 688 g/mol. The third kappa shape index (κ3) is 6.48. The molecule has 0 saturated heterocycles. The number of hydrogen-bond donors (Lipinski definition) is 2. The van der Waals surface area contributed by atoms with Gasteiger partial charge in [0.2, 0.25) is 0 Å². The topological polar surface area (TPSA) is 58.9 Å². The molecule has 0 spiro atoms. The Morgan fingerprint density at radius 2 is 0.903 bits per heavy atom. The van der Waals surface area contributed by atoms with Crippen molar-refractivity contribution in [3.8, 4) is 11.5 Å². The molecule has 8 heteroatoms. The maximum Gasteiger partial charge on any atom is 0.148 e. The molecule has 2 N–H and O–H groups in total. The predicted octanol–water partition coefficient (Wildman–Crippen LogP) is 7.36. The number of aliphatic hydroxyl groups excluding tert-OH is 2. The quantitative estimate of drug-likeness (QED) is 0.305. The van der Waals surface area contributed by atoms with E-state index in [1.807, 2.05) is 38.1 Å². The fourth-order valence-electron chi connectivity index (χ4n) is 2.80. The Hall–Kier alpha value is -0.120. The molecule has 4 unspecified atom stereocenters. The van der Waals surface area contributed by atoms with E-state index in [1.54, 1.807) is 13.8 Å². The van der Waals surface area contributed by atoms with Crippen LogP contribution < -0.4 is 9.47 Å². The Morgan fingerprint density at radius 1 is 0.645 bits per heavy atom. The van der Waals surface area contributed by atoms with Gasteiger partial charge in [-0.25, -0.2) is 0 Å². The molecule has 172 valence electrons. The number of aliphatic hydroxyl groups is 2. The van der Waals surface area contributed by atoms with Crippen molar-refractivity contribution in [2.24, 2.45) is 0 Å². The molecule has 4 nitrogen and oxygen atoms in total. The van der Waals surface area contributed by atoms with Gasteiger partial charge in [-0.15, -0.1) is 0 Å². The van der Waals surface area contributed by atoms with Crippen LogP contribution in [0.2, 0.25) is 0 Å². The van der Waals surface area contributed by atoms with Crippen molar-refractivity contribution in [2.45, 2.75) is 71.4 Å². The Bertz CT molecular complexity index is 808. The summed E-state index contributed by atoms with van der Waals surface area (Å²) in [4.78, 5) is 0. The number of ether oxygens (including phenoxy) is 2. The van der Waals surface area contributed by atoms with Crippen molar-refractivity contribution in [1.29, 1.82) is 0 Å². The summed E-state index contributed by atoms with van der Waals surface area (Å²) < 4.78 is 15.1. The highest BCUT2D eigenvalue weighted by Gasteiger charge is 2.28. The summed E-state index contributed by atoms with van der Waals surface area (Å²) in [6.07, 6.45) is -1.84. The van der Waals surface area contributed by atoms with Gasteiger partial charge in [0, 0.05) is 5.41 Å². The van der Waals surface area contributed by atoms with Crippen molar-refractivity contribution < 1.29 is 19.7 Å². The molecule has 0 heterocycles. The van der Waals surface area contributed by atoms with Crippen molar-refractivity contribution >= 4 is 63.7 Å². The van der Waals surface area contributed by atoms with Crippen LogP contribution >= 0.6 is 63.7 Å². The smallest absolute Gasteiger partial charge is 0.148 e. The van der Waals surface area contributed by atoms with Gasteiger partial charge >= 0.3 is 0 Å². The van der Waals surface area contributed by atoms with E-state index in [1.165, 1.54) is 0 Å². The molecule has 0 aliphatic heterocycles. The zero-order valence-electron chi connectivity index (χ0n) is 18.3. The highest BCUT2D eigenvalue weighted by molar-refractivity contribution is 9.11. The lowest BCUT2D eigenvalue weighted by Gasteiger charge is -2.29. The third-order valence-corrected chi connectivity index (χ3v) is 7.76. The molecule has 0 aliphatic rings. The summed E-state index contributed by atoms with van der Waals surface area (Å²) in [5.74, 6) is 1.32. The highest BCUT2D eigenvalue weighted by atomic mass is 79.9. The first-order valence-electron chi connectivity index (χ1n) is 9.94. The molecule has 0 radical (unpaired) electrons. The van der Waals surface area contributed by atoms with Crippen molar-refractivity contribution in [2.75, 3.05) is 0 Å². The van der Waals surface area contributed by atoms with E-state index in [-0.39, 0.29) is 17.6 Å². The number of hydrogen-bond acceptors (Lipinski definition) is 4. The van der Waals surface area contributed by atoms with Gasteiger partial charge in [-0.05, 0) is 127 Å². The number of benzene rings is 2. The van der Waals surface area contributed by atoms with Crippen LogP contribution in [0.25, 0.3) is 0 Å². The highest BCUT2D eigenvalue weighted by Crippen LogP contribution is 2.44. The maximum atomic E-state index is 9.77. The van der Waals surface area contributed by atoms with Gasteiger partial charge in [0.15, 0.2) is 0 Å². The normalized spacial score (nSPS) is 15.9. The second-order valence-corrected chi connectivity index (χ2v) is 11.7. The van der Waals surface area contributed by atoms with Crippen LogP contribution in [0.1, 0.15) is 52.7 Å². The first kappa shape index (κ1) is 27.1. The Balaban J connectivity index is 2.43. The summed E-state index contributed by atoms with van der Waals surface area (Å²) >= 11 is 14.5. The zero-order valence-corrected chi connectivity index (χ0v) is 24.7. The van der Waals surface area contributed by atoms with E-state index in [4.69, 9.17) is 9.47 Å². The van der Waals surface area contributed by atoms with Crippen LogP contribution in [0.4, 0.5) is 0 Å². The van der Waals surface area contributed by atoms with Gasteiger partial charge < -0.3 is 19.7 Å². The van der Waals surface area contributed by atoms with Gasteiger partial charge in [-0.3, -0.25) is 0 Å². The van der Waals surface area contributed by atoms with Crippen LogP contribution in [0.15, 0.2) is 42.2 Å². The van der Waals surface area contributed by atoms with Crippen LogP contribution in [0.3, 0.4) is 0 Å². The van der Waals surface area contributed by atoms with Crippen LogP contribution in [0, 0.1) is 0 Å². The van der Waals surface area contributed by atoms with E-state index in [9.17, 15) is 10.2 Å². The SMILES string of the molecule is CC(O)C(C)Oc1c(Br)cc(C(C)(C)c2cc(Br)c(OC(C)C(C)O)c(Br)c2)cc1Br. The molecule has 0 saturated carbocycles. The van der Waals surface area contributed by atoms with Crippen molar-refractivity contribution in [1.82, 2.24) is 0 Å². The lowest BCUT2D eigenvalue weighted by molar-refractivity contribution is 0.0594. The van der Waals surface area contributed by atoms with Crippen molar-refractivity contribution in [3.63, 3.8) is 0 Å². The van der Waals surface area contributed by atoms with Gasteiger partial charge in [-0.1, -0.05) is 13.8 Å². The predicted molar refractivity (Wildman–Crippen MR) is 139 cm³/mol. The minimum absolute atomic E-state index is 0.334. The Morgan fingerprint density at radius 3 is 1.13 bits per heavy atom. The molecular formula is C23H28Br4O4. The summed E-state index contributed by atoms with van der Waals surface area (Å²) in [6.45, 7) is 11.4. The van der Waals surface area contributed by atoms with E-state index in [2.05, 4.69) is 77.6 Å². The second kappa shape index (κ2) is 10.9. The molecule has 0 aliphatic carbocycles. The summed E-state index contributed by atoms with van der Waals surface area (Å²) in [7, 11) is 0. The van der Waals surface area contributed by atoms with Crippen LogP contribution in [-0.2, 0) is 5.41 Å². The minimum Gasteiger partial charge on any atom is -0.486 e. The second-order valence-electron chi connectivity index (χ2n) is 8.29. The van der Waals surface area contributed by atoms with Gasteiger partial charge in [0.25, 0.3) is 0 Å². The number of rotatable bonds is 8. The van der Waals surface area contributed by atoms with E-state index in [0.29, 0.717) is 11.5 Å². The molecule has 2 aromatic rings. The summed E-state index contributed by atoms with van der Waals surface area (Å²) in [5, 5.41) is 19.5. The van der Waals surface area contributed by atoms with Crippen LogP contribution in [-0.4, -0.2) is 34.6 Å². The monoisotopic (exact) mass is 684 g/mol. The lowest BCUT2D eigenvalue weighted by atomic mass is 9.78. The Kier molecular flexibility index (Phi) is 9.51. The molecular weight excluding hydrogens is 660 g/mol. The lowest BCUT2D eigenvalue weighted by Crippen LogP contribution is -2.26. The number of halogens is 4. The third-order valence-electron chi connectivity index (χ3n) is 5.41. The maximum absolute atomic E-state index is 9.77. The van der Waals surface area contributed by atoms with Crippen LogP contribution in [0.5, 0.6) is 11.5 Å². The van der Waals surface area contributed by atoms with E-state index >= 15 is 0 Å². The molecule has 0 amide bonds. The van der Waals surface area contributed by atoms with Gasteiger partial charge in [-0.2, -0.15) is 0 Å². The first-order chi connectivity index (χ1) is 14.2. The van der Waals surface area contributed by atoms with Gasteiger partial charge in [0.1, 0.15) is 23.7 Å². The molecule has 4 atom stereocenters. The first-order valence-corrected chi connectivity index (χ1v) is 13.1. The van der Waals surface area contributed by atoms with E-state index in [0.717, 1.165) is 29.0 Å². The molecule has 0 aromatic heterocycles. The standard InChI is InChI=1S/C23H28Br4O4/c1-11(28)13(3)30-21-17(24)7-15(8-18(21)25)23(5,6)16-9-19(26)22(20(27)10-16)31-14(4)12(2)29/h7-14,28-29H,1-6H3. The largest absolute Gasteiger partial charge is 0.486 e. The Labute approximate surface area is 218 Å². The summed E-state index contributed by atoms with van der Waals surface area (Å²) in [6, 6.07) is 8.15. The van der Waals surface area contributed by atoms with E-state index < -0.39 is 12.2 Å². The molecule has 0 bridgehead atoms. The molecule has 0 fully saturated rings. The molecule has 31 heavy (non-hydrogen) atoms. The fourth-order valence-corrected chi connectivity index (χ4v) is 5.55. The molecule has 2 rings (SSSR count). The van der Waals surface area contributed by atoms with Gasteiger partial charge in [0.05, 0.1) is 30.1 Å². The average Bonchev–Trinajstić information content (AvgIpc) is 2.66.